The van der Waals surface area contributed by atoms with Crippen LogP contribution in [0.4, 0.5) is 4.79 Å². The van der Waals surface area contributed by atoms with Crippen molar-refractivity contribution in [3.63, 3.8) is 0 Å². The molecule has 2 fully saturated rings. The van der Waals surface area contributed by atoms with Crippen molar-refractivity contribution >= 4 is 6.03 Å². The second-order valence-corrected chi connectivity index (χ2v) is 6.97. The van der Waals surface area contributed by atoms with Gasteiger partial charge in [-0.2, -0.15) is 0 Å². The summed E-state index contributed by atoms with van der Waals surface area (Å²) in [4.78, 5) is 16.6. The predicted molar refractivity (Wildman–Crippen MR) is 90.8 cm³/mol. The molecule has 2 aliphatic rings. The minimum Gasteiger partial charge on any atom is -0.495 e. The number of rotatable bonds is 5. The van der Waals surface area contributed by atoms with Gasteiger partial charge in [0.25, 0.3) is 0 Å². The summed E-state index contributed by atoms with van der Waals surface area (Å²) in [6.45, 7) is 0. The van der Waals surface area contributed by atoms with Gasteiger partial charge in [0, 0.05) is 12.2 Å². The number of ether oxygens (including phenoxy) is 1. The SMILES string of the molecule is COc1cncc([C@@H](NC(=O)NC2CCCCC2)C2CC(O)C2)c1. The average Bonchev–Trinajstić information content (AvgIpc) is 2.58. The Bertz CT molecular complexity index is 554. The molecule has 0 aliphatic heterocycles. The lowest BCUT2D eigenvalue weighted by molar-refractivity contribution is 0.0257. The van der Waals surface area contributed by atoms with E-state index in [0.29, 0.717) is 18.6 Å². The monoisotopic (exact) mass is 333 g/mol. The van der Waals surface area contributed by atoms with Crippen LogP contribution in [0.1, 0.15) is 56.6 Å². The number of nitrogens with zero attached hydrogens (tertiary/aromatic N) is 1. The van der Waals surface area contributed by atoms with Crippen LogP contribution in [0.3, 0.4) is 0 Å². The van der Waals surface area contributed by atoms with E-state index in [1.807, 2.05) is 6.07 Å². The van der Waals surface area contributed by atoms with E-state index in [0.717, 1.165) is 18.4 Å². The van der Waals surface area contributed by atoms with Crippen LogP contribution in [0.25, 0.3) is 0 Å². The number of pyridine rings is 1. The van der Waals surface area contributed by atoms with Crippen molar-refractivity contribution in [2.75, 3.05) is 7.11 Å². The summed E-state index contributed by atoms with van der Waals surface area (Å²) in [6, 6.07) is 1.90. The molecule has 0 bridgehead atoms. The lowest BCUT2D eigenvalue weighted by Gasteiger charge is -2.38. The van der Waals surface area contributed by atoms with E-state index < -0.39 is 0 Å². The maximum absolute atomic E-state index is 12.4. The van der Waals surface area contributed by atoms with E-state index in [-0.39, 0.29) is 30.1 Å². The van der Waals surface area contributed by atoms with Crippen molar-refractivity contribution in [1.82, 2.24) is 15.6 Å². The van der Waals surface area contributed by atoms with Crippen LogP contribution in [-0.2, 0) is 0 Å². The number of amides is 2. The first kappa shape index (κ1) is 17.0. The predicted octanol–water partition coefficient (Wildman–Crippen LogP) is 2.53. The molecule has 1 heterocycles. The zero-order valence-corrected chi connectivity index (χ0v) is 14.2. The molecule has 3 N–H and O–H groups in total. The van der Waals surface area contributed by atoms with Gasteiger partial charge in [-0.15, -0.1) is 0 Å². The van der Waals surface area contributed by atoms with E-state index >= 15 is 0 Å². The summed E-state index contributed by atoms with van der Waals surface area (Å²) in [5.41, 5.74) is 0.921. The minimum atomic E-state index is -0.265. The molecule has 0 unspecified atom stereocenters. The van der Waals surface area contributed by atoms with Crippen molar-refractivity contribution in [1.29, 1.82) is 0 Å². The fourth-order valence-corrected chi connectivity index (χ4v) is 3.71. The van der Waals surface area contributed by atoms with Crippen LogP contribution in [-0.4, -0.2) is 35.4 Å². The van der Waals surface area contributed by atoms with Gasteiger partial charge in [0.2, 0.25) is 0 Å². The highest BCUT2D eigenvalue weighted by Gasteiger charge is 2.36. The maximum Gasteiger partial charge on any atom is 0.315 e. The highest BCUT2D eigenvalue weighted by atomic mass is 16.5. The van der Waals surface area contributed by atoms with E-state index in [1.165, 1.54) is 19.3 Å². The number of carbonyl (C=O) groups is 1. The Morgan fingerprint density at radius 1 is 1.29 bits per heavy atom. The van der Waals surface area contributed by atoms with Crippen molar-refractivity contribution < 1.29 is 14.6 Å². The van der Waals surface area contributed by atoms with Gasteiger partial charge < -0.3 is 20.5 Å². The third-order valence-corrected chi connectivity index (χ3v) is 5.18. The molecule has 1 aromatic heterocycles. The van der Waals surface area contributed by atoms with E-state index in [4.69, 9.17) is 4.74 Å². The fourth-order valence-electron chi connectivity index (χ4n) is 3.71. The molecule has 2 aliphatic carbocycles. The third kappa shape index (κ3) is 4.17. The molecule has 0 radical (unpaired) electrons. The van der Waals surface area contributed by atoms with Gasteiger partial charge in [-0.05, 0) is 43.2 Å². The Morgan fingerprint density at radius 3 is 2.71 bits per heavy atom. The van der Waals surface area contributed by atoms with Gasteiger partial charge in [-0.25, -0.2) is 4.79 Å². The average molecular weight is 333 g/mol. The molecule has 2 amide bonds. The second-order valence-electron chi connectivity index (χ2n) is 6.97. The first-order valence-electron chi connectivity index (χ1n) is 8.89. The number of nitrogens with one attached hydrogen (secondary N) is 2. The molecule has 0 saturated heterocycles. The Kier molecular flexibility index (Phi) is 5.56. The summed E-state index contributed by atoms with van der Waals surface area (Å²) in [7, 11) is 1.60. The lowest BCUT2D eigenvalue weighted by atomic mass is 9.75. The number of methoxy groups -OCH3 is 1. The summed E-state index contributed by atoms with van der Waals surface area (Å²) >= 11 is 0. The molecule has 6 heteroatoms. The first-order valence-corrected chi connectivity index (χ1v) is 8.89. The highest BCUT2D eigenvalue weighted by molar-refractivity contribution is 5.74. The van der Waals surface area contributed by atoms with E-state index in [1.54, 1.807) is 19.5 Å². The molecule has 0 aromatic carbocycles. The number of urea groups is 1. The molecule has 1 aromatic rings. The van der Waals surface area contributed by atoms with Gasteiger partial charge in [-0.3, -0.25) is 4.98 Å². The third-order valence-electron chi connectivity index (χ3n) is 5.18. The van der Waals surface area contributed by atoms with Crippen LogP contribution in [0, 0.1) is 5.92 Å². The second kappa shape index (κ2) is 7.83. The summed E-state index contributed by atoms with van der Waals surface area (Å²) in [5, 5.41) is 15.8. The first-order chi connectivity index (χ1) is 11.7. The van der Waals surface area contributed by atoms with Crippen molar-refractivity contribution in [3.8, 4) is 5.75 Å². The number of aliphatic hydroxyl groups is 1. The molecule has 1 atom stereocenters. The maximum atomic E-state index is 12.4. The summed E-state index contributed by atoms with van der Waals surface area (Å²) in [5.74, 6) is 0.901. The fraction of sp³-hybridized carbons (Fsp3) is 0.667. The molecular weight excluding hydrogens is 306 g/mol. The van der Waals surface area contributed by atoms with Gasteiger partial charge in [0.15, 0.2) is 0 Å². The molecule has 0 spiro atoms. The molecule has 6 nitrogen and oxygen atoms in total. The number of carbonyl (C=O) groups excluding carboxylic acids is 1. The summed E-state index contributed by atoms with van der Waals surface area (Å²) < 4.78 is 5.24. The zero-order valence-electron chi connectivity index (χ0n) is 14.2. The molecule has 3 rings (SSSR count). The number of aromatic nitrogens is 1. The van der Waals surface area contributed by atoms with Gasteiger partial charge in [0.05, 0.1) is 25.5 Å². The Balaban J connectivity index is 1.66. The normalized spacial score (nSPS) is 25.4. The quantitative estimate of drug-likeness (QED) is 0.773. The van der Waals surface area contributed by atoms with Crippen LogP contribution in [0.15, 0.2) is 18.5 Å². The van der Waals surface area contributed by atoms with Crippen molar-refractivity contribution in [3.05, 3.63) is 24.0 Å². The van der Waals surface area contributed by atoms with Gasteiger partial charge >= 0.3 is 6.03 Å². The van der Waals surface area contributed by atoms with E-state index in [2.05, 4.69) is 15.6 Å². The molecular formula is C18H27N3O3. The Morgan fingerprint density at radius 2 is 2.04 bits per heavy atom. The molecule has 2 saturated carbocycles. The van der Waals surface area contributed by atoms with Gasteiger partial charge in [0.1, 0.15) is 5.75 Å². The standard InChI is InChI=1S/C18H27N3O3/c1-24-16-9-13(10-19-11-16)17(12-7-15(22)8-12)21-18(23)20-14-5-3-2-4-6-14/h9-12,14-15,17,22H,2-8H2,1H3,(H2,20,21,23)/t12?,15?,17-/m0/s1. The lowest BCUT2D eigenvalue weighted by Crippen LogP contribution is -2.48. The van der Waals surface area contributed by atoms with Crippen LogP contribution in [0.5, 0.6) is 5.75 Å². The number of hydrogen-bond acceptors (Lipinski definition) is 4. The Labute approximate surface area is 143 Å². The highest BCUT2D eigenvalue weighted by Crippen LogP contribution is 2.38. The molecule has 24 heavy (non-hydrogen) atoms. The minimum absolute atomic E-state index is 0.129. The van der Waals surface area contributed by atoms with Crippen LogP contribution in [0.2, 0.25) is 0 Å². The number of aliphatic hydroxyl groups excluding tert-OH is 1. The zero-order chi connectivity index (χ0) is 16.9. The van der Waals surface area contributed by atoms with Crippen LogP contribution >= 0.6 is 0 Å². The smallest absolute Gasteiger partial charge is 0.315 e. The van der Waals surface area contributed by atoms with Crippen molar-refractivity contribution in [2.24, 2.45) is 5.92 Å². The Hall–Kier alpha value is -1.82. The summed E-state index contributed by atoms with van der Waals surface area (Å²) in [6.07, 6.45) is 10.3. The van der Waals surface area contributed by atoms with Gasteiger partial charge in [-0.1, -0.05) is 19.3 Å². The molecule has 132 valence electrons. The number of hydrogen-bond donors (Lipinski definition) is 3. The van der Waals surface area contributed by atoms with E-state index in [9.17, 15) is 9.90 Å². The topological polar surface area (TPSA) is 83.5 Å². The van der Waals surface area contributed by atoms with Crippen LogP contribution < -0.4 is 15.4 Å². The van der Waals surface area contributed by atoms with Crippen molar-refractivity contribution in [2.45, 2.75) is 63.1 Å². The largest absolute Gasteiger partial charge is 0.495 e.